The van der Waals surface area contributed by atoms with E-state index in [-0.39, 0.29) is 11.8 Å². The van der Waals surface area contributed by atoms with Gasteiger partial charge in [-0.05, 0) is 47.8 Å². The van der Waals surface area contributed by atoms with E-state index in [0.717, 1.165) is 5.56 Å². The van der Waals surface area contributed by atoms with Crippen LogP contribution < -0.4 is 20.1 Å². The number of thiophene rings is 1. The molecule has 160 valence electrons. The van der Waals surface area contributed by atoms with E-state index in [2.05, 4.69) is 20.8 Å². The molecule has 2 aromatic heterocycles. The number of aromatic nitrogens is 2. The van der Waals surface area contributed by atoms with Gasteiger partial charge < -0.3 is 20.1 Å². The second-order valence-corrected chi connectivity index (χ2v) is 7.93. The maximum Gasteiger partial charge on any atom is 0.265 e. The predicted molar refractivity (Wildman–Crippen MR) is 122 cm³/mol. The SMILES string of the molecule is O=C(Nc1cccc(NC(=O)c2cn[nH]c2-c2ccc3c(c2)OCCO3)c1)c1cccs1. The van der Waals surface area contributed by atoms with Gasteiger partial charge in [0, 0.05) is 16.9 Å². The third-order valence-corrected chi connectivity index (χ3v) is 5.71. The number of H-pyrrole nitrogens is 1. The average Bonchev–Trinajstić information content (AvgIpc) is 3.51. The van der Waals surface area contributed by atoms with Crippen LogP contribution in [0.5, 0.6) is 11.5 Å². The summed E-state index contributed by atoms with van der Waals surface area (Å²) in [5, 5.41) is 14.5. The number of carbonyl (C=O) groups is 2. The van der Waals surface area contributed by atoms with Crippen LogP contribution in [-0.4, -0.2) is 35.2 Å². The summed E-state index contributed by atoms with van der Waals surface area (Å²) in [5.41, 5.74) is 2.85. The highest BCUT2D eigenvalue weighted by molar-refractivity contribution is 7.12. The third-order valence-electron chi connectivity index (χ3n) is 4.84. The maximum atomic E-state index is 13.0. The van der Waals surface area contributed by atoms with Gasteiger partial charge in [0.15, 0.2) is 11.5 Å². The standard InChI is InChI=1S/C23H18N4O4S/c28-22(25-15-3-1-4-16(12-15)26-23(29)20-5-2-10-32-20)17-13-24-27-21(17)14-6-7-18-19(11-14)31-9-8-30-18/h1-7,10-13H,8-9H2,(H,24,27)(H,25,28)(H,26,29). The molecular weight excluding hydrogens is 428 g/mol. The molecule has 3 heterocycles. The molecule has 0 radical (unpaired) electrons. The van der Waals surface area contributed by atoms with E-state index in [1.807, 2.05) is 29.6 Å². The monoisotopic (exact) mass is 446 g/mol. The molecule has 0 aliphatic carbocycles. The van der Waals surface area contributed by atoms with Gasteiger partial charge in [-0.1, -0.05) is 12.1 Å². The lowest BCUT2D eigenvalue weighted by Crippen LogP contribution is -2.15. The molecule has 0 atom stereocenters. The van der Waals surface area contributed by atoms with Gasteiger partial charge in [0.05, 0.1) is 22.3 Å². The first-order chi connectivity index (χ1) is 15.7. The van der Waals surface area contributed by atoms with E-state index in [1.54, 1.807) is 30.3 Å². The molecule has 9 heteroatoms. The van der Waals surface area contributed by atoms with Crippen LogP contribution in [0.2, 0.25) is 0 Å². The van der Waals surface area contributed by atoms with Crippen molar-refractivity contribution in [3.8, 4) is 22.8 Å². The molecule has 8 nitrogen and oxygen atoms in total. The molecule has 0 unspecified atom stereocenters. The minimum Gasteiger partial charge on any atom is -0.486 e. The minimum absolute atomic E-state index is 0.195. The number of fused-ring (bicyclic) bond motifs is 1. The van der Waals surface area contributed by atoms with Gasteiger partial charge in [0.25, 0.3) is 11.8 Å². The summed E-state index contributed by atoms with van der Waals surface area (Å²) in [7, 11) is 0. The van der Waals surface area contributed by atoms with E-state index < -0.39 is 0 Å². The quantitative estimate of drug-likeness (QED) is 0.421. The van der Waals surface area contributed by atoms with Crippen molar-refractivity contribution in [2.45, 2.75) is 0 Å². The second kappa shape index (κ2) is 8.56. The van der Waals surface area contributed by atoms with Crippen molar-refractivity contribution in [2.24, 2.45) is 0 Å². The number of amides is 2. The maximum absolute atomic E-state index is 13.0. The Kier molecular flexibility index (Phi) is 5.30. The number of benzene rings is 2. The molecule has 0 fully saturated rings. The van der Waals surface area contributed by atoms with Gasteiger partial charge in [0.2, 0.25) is 0 Å². The predicted octanol–water partition coefficient (Wildman–Crippen LogP) is 4.41. The number of nitrogens with zero attached hydrogens (tertiary/aromatic N) is 1. The Bertz CT molecular complexity index is 1280. The van der Waals surface area contributed by atoms with E-state index in [4.69, 9.17) is 9.47 Å². The molecular formula is C23H18N4O4S. The van der Waals surface area contributed by atoms with Gasteiger partial charge in [-0.25, -0.2) is 0 Å². The molecule has 0 spiro atoms. The first kappa shape index (κ1) is 19.8. The Morgan fingerprint density at radius 1 is 0.906 bits per heavy atom. The van der Waals surface area contributed by atoms with Gasteiger partial charge in [0.1, 0.15) is 13.2 Å². The molecule has 32 heavy (non-hydrogen) atoms. The molecule has 4 aromatic rings. The van der Waals surface area contributed by atoms with Gasteiger partial charge >= 0.3 is 0 Å². The van der Waals surface area contributed by atoms with Crippen molar-refractivity contribution in [2.75, 3.05) is 23.8 Å². The fourth-order valence-electron chi connectivity index (χ4n) is 3.35. The summed E-state index contributed by atoms with van der Waals surface area (Å²) in [6.45, 7) is 0.989. The van der Waals surface area contributed by atoms with E-state index in [0.29, 0.717) is 52.2 Å². The van der Waals surface area contributed by atoms with Crippen molar-refractivity contribution in [1.29, 1.82) is 0 Å². The topological polar surface area (TPSA) is 105 Å². The van der Waals surface area contributed by atoms with Crippen LogP contribution in [0, 0.1) is 0 Å². The van der Waals surface area contributed by atoms with E-state index in [9.17, 15) is 9.59 Å². The third kappa shape index (κ3) is 4.06. The first-order valence-electron chi connectivity index (χ1n) is 9.87. The Balaban J connectivity index is 1.33. The number of carbonyl (C=O) groups excluding carboxylic acids is 2. The van der Waals surface area contributed by atoms with Gasteiger partial charge in [-0.3, -0.25) is 14.7 Å². The molecule has 0 saturated heterocycles. The molecule has 1 aliphatic heterocycles. The molecule has 0 bridgehead atoms. The van der Waals surface area contributed by atoms with Crippen molar-refractivity contribution in [1.82, 2.24) is 10.2 Å². The van der Waals surface area contributed by atoms with Crippen molar-refractivity contribution < 1.29 is 19.1 Å². The zero-order valence-electron chi connectivity index (χ0n) is 16.8. The van der Waals surface area contributed by atoms with Crippen LogP contribution >= 0.6 is 11.3 Å². The van der Waals surface area contributed by atoms with Crippen LogP contribution in [0.25, 0.3) is 11.3 Å². The fourth-order valence-corrected chi connectivity index (χ4v) is 3.97. The number of hydrogen-bond acceptors (Lipinski definition) is 6. The number of ether oxygens (including phenoxy) is 2. The Labute approximate surface area is 187 Å². The first-order valence-corrected chi connectivity index (χ1v) is 10.7. The number of nitrogens with one attached hydrogen (secondary N) is 3. The average molecular weight is 446 g/mol. The number of hydrogen-bond donors (Lipinski definition) is 3. The zero-order chi connectivity index (χ0) is 21.9. The van der Waals surface area contributed by atoms with Crippen LogP contribution in [0.4, 0.5) is 11.4 Å². The summed E-state index contributed by atoms with van der Waals surface area (Å²) in [4.78, 5) is 25.9. The van der Waals surface area contributed by atoms with Crippen LogP contribution in [0.15, 0.2) is 66.2 Å². The number of rotatable bonds is 5. The van der Waals surface area contributed by atoms with E-state index >= 15 is 0 Å². The highest BCUT2D eigenvalue weighted by Gasteiger charge is 2.19. The second-order valence-electron chi connectivity index (χ2n) is 6.98. The molecule has 0 saturated carbocycles. The normalized spacial score (nSPS) is 12.2. The van der Waals surface area contributed by atoms with Crippen molar-refractivity contribution in [3.05, 3.63) is 76.6 Å². The summed E-state index contributed by atoms with van der Waals surface area (Å²) >= 11 is 1.36. The summed E-state index contributed by atoms with van der Waals surface area (Å²) < 4.78 is 11.2. The largest absolute Gasteiger partial charge is 0.486 e. The summed E-state index contributed by atoms with van der Waals surface area (Å²) in [6, 6.07) is 16.0. The highest BCUT2D eigenvalue weighted by Crippen LogP contribution is 2.35. The number of anilines is 2. The summed E-state index contributed by atoms with van der Waals surface area (Å²) in [6.07, 6.45) is 1.48. The van der Waals surface area contributed by atoms with Crippen LogP contribution in [-0.2, 0) is 0 Å². The van der Waals surface area contributed by atoms with Crippen molar-refractivity contribution in [3.63, 3.8) is 0 Å². The lowest BCUT2D eigenvalue weighted by atomic mass is 10.1. The highest BCUT2D eigenvalue weighted by atomic mass is 32.1. The zero-order valence-corrected chi connectivity index (χ0v) is 17.6. The number of aromatic amines is 1. The smallest absolute Gasteiger partial charge is 0.265 e. The Hall–Kier alpha value is -4.11. The minimum atomic E-state index is -0.328. The van der Waals surface area contributed by atoms with Crippen LogP contribution in [0.1, 0.15) is 20.0 Å². The molecule has 2 amide bonds. The van der Waals surface area contributed by atoms with Crippen LogP contribution in [0.3, 0.4) is 0 Å². The van der Waals surface area contributed by atoms with Gasteiger partial charge in [-0.15, -0.1) is 11.3 Å². The molecule has 3 N–H and O–H groups in total. The van der Waals surface area contributed by atoms with Crippen molar-refractivity contribution >= 4 is 34.5 Å². The molecule has 2 aromatic carbocycles. The molecule has 5 rings (SSSR count). The lowest BCUT2D eigenvalue weighted by Gasteiger charge is -2.18. The lowest BCUT2D eigenvalue weighted by molar-refractivity contribution is 0.102. The Morgan fingerprint density at radius 3 is 2.47 bits per heavy atom. The van der Waals surface area contributed by atoms with Gasteiger partial charge in [-0.2, -0.15) is 5.10 Å². The summed E-state index contributed by atoms with van der Waals surface area (Å²) in [5.74, 6) is 0.778. The Morgan fingerprint density at radius 2 is 1.69 bits per heavy atom. The fraction of sp³-hybridized carbons (Fsp3) is 0.0870. The van der Waals surface area contributed by atoms with E-state index in [1.165, 1.54) is 17.5 Å². The molecule has 1 aliphatic rings.